The molecule has 17 heavy (non-hydrogen) atoms. The van der Waals surface area contributed by atoms with Crippen molar-refractivity contribution in [2.24, 2.45) is 5.92 Å². The summed E-state index contributed by atoms with van der Waals surface area (Å²) in [6.07, 6.45) is 4.45. The van der Waals surface area contributed by atoms with Crippen molar-refractivity contribution in [1.82, 2.24) is 0 Å². The zero-order chi connectivity index (χ0) is 12.1. The predicted octanol–water partition coefficient (Wildman–Crippen LogP) is 2.23. The van der Waals surface area contributed by atoms with Crippen LogP contribution in [0.2, 0.25) is 0 Å². The number of carbonyl (C=O) groups is 1. The number of hydrogen-bond donors (Lipinski definition) is 1. The van der Waals surface area contributed by atoms with Gasteiger partial charge in [-0.15, -0.1) is 0 Å². The van der Waals surface area contributed by atoms with Gasteiger partial charge in [-0.1, -0.05) is 42.5 Å². The second kappa shape index (κ2) is 5.64. The van der Waals surface area contributed by atoms with E-state index in [1.54, 1.807) is 0 Å². The third-order valence-corrected chi connectivity index (χ3v) is 2.89. The summed E-state index contributed by atoms with van der Waals surface area (Å²) < 4.78 is 4.85. The van der Waals surface area contributed by atoms with E-state index in [9.17, 15) is 9.90 Å². The van der Waals surface area contributed by atoms with Crippen LogP contribution in [0.1, 0.15) is 24.5 Å². The van der Waals surface area contributed by atoms with E-state index in [1.165, 1.54) is 0 Å². The quantitative estimate of drug-likeness (QED) is 0.639. The molecule has 0 saturated carbocycles. The van der Waals surface area contributed by atoms with Gasteiger partial charge in [-0.3, -0.25) is 4.79 Å². The molecule has 1 aromatic carbocycles. The average Bonchev–Trinajstić information content (AvgIpc) is 2.76. The summed E-state index contributed by atoms with van der Waals surface area (Å²) in [5.41, 5.74) is 0.895. The molecule has 1 heterocycles. The van der Waals surface area contributed by atoms with Crippen molar-refractivity contribution in [3.05, 3.63) is 48.0 Å². The van der Waals surface area contributed by atoms with Crippen molar-refractivity contribution in [2.45, 2.75) is 18.9 Å². The summed E-state index contributed by atoms with van der Waals surface area (Å²) in [5.74, 6) is -0.284. The first kappa shape index (κ1) is 11.9. The fourth-order valence-corrected chi connectivity index (χ4v) is 1.87. The van der Waals surface area contributed by atoms with Gasteiger partial charge in [0.1, 0.15) is 0 Å². The van der Waals surface area contributed by atoms with Crippen LogP contribution < -0.4 is 0 Å². The standard InChI is InChI=1S/C14H16O3/c15-13(11-5-2-1-3-6-11)8-4-7-12-9-10-17-14(12)16/h1-7,12-13,15H,8-10H2/b7-4-. The number of benzene rings is 1. The SMILES string of the molecule is O=C1OCCC1/C=C\CC(O)c1ccccc1. The number of rotatable bonds is 4. The number of aliphatic hydroxyl groups excluding tert-OH is 1. The van der Waals surface area contributed by atoms with Crippen LogP contribution in [0.25, 0.3) is 0 Å². The van der Waals surface area contributed by atoms with Crippen molar-refractivity contribution >= 4 is 5.97 Å². The maximum Gasteiger partial charge on any atom is 0.312 e. The van der Waals surface area contributed by atoms with E-state index in [1.807, 2.05) is 42.5 Å². The molecule has 0 aliphatic carbocycles. The highest BCUT2D eigenvalue weighted by atomic mass is 16.5. The molecule has 1 aromatic rings. The molecule has 0 spiro atoms. The van der Waals surface area contributed by atoms with Gasteiger partial charge in [0, 0.05) is 0 Å². The van der Waals surface area contributed by atoms with E-state index in [2.05, 4.69) is 0 Å². The summed E-state index contributed by atoms with van der Waals surface area (Å²) in [4.78, 5) is 11.2. The number of aliphatic hydroxyl groups is 1. The Balaban J connectivity index is 1.86. The highest BCUT2D eigenvalue weighted by Gasteiger charge is 2.23. The molecule has 3 nitrogen and oxygen atoms in total. The first-order valence-electron chi connectivity index (χ1n) is 5.83. The molecule has 0 amide bonds. The third-order valence-electron chi connectivity index (χ3n) is 2.89. The molecule has 1 aliphatic rings. The van der Waals surface area contributed by atoms with Crippen LogP contribution in [0.15, 0.2) is 42.5 Å². The lowest BCUT2D eigenvalue weighted by atomic mass is 10.0. The minimum atomic E-state index is -0.509. The van der Waals surface area contributed by atoms with Crippen LogP contribution in [0.5, 0.6) is 0 Å². The normalized spacial score (nSPS) is 21.7. The molecule has 1 saturated heterocycles. The molecule has 2 rings (SSSR count). The van der Waals surface area contributed by atoms with Crippen LogP contribution in [-0.4, -0.2) is 17.7 Å². The largest absolute Gasteiger partial charge is 0.465 e. The molecule has 1 N–H and O–H groups in total. The van der Waals surface area contributed by atoms with Crippen molar-refractivity contribution < 1.29 is 14.6 Å². The number of carbonyl (C=O) groups excluding carboxylic acids is 1. The number of esters is 1. The van der Waals surface area contributed by atoms with Crippen molar-refractivity contribution in [1.29, 1.82) is 0 Å². The summed E-state index contributed by atoms with van der Waals surface area (Å²) in [6, 6.07) is 9.50. The van der Waals surface area contributed by atoms with Gasteiger partial charge >= 0.3 is 5.97 Å². The lowest BCUT2D eigenvalue weighted by molar-refractivity contribution is -0.140. The predicted molar refractivity (Wildman–Crippen MR) is 64.2 cm³/mol. The van der Waals surface area contributed by atoms with Crippen LogP contribution >= 0.6 is 0 Å². The highest BCUT2D eigenvalue weighted by molar-refractivity contribution is 5.76. The van der Waals surface area contributed by atoms with Gasteiger partial charge in [0.2, 0.25) is 0 Å². The fourth-order valence-electron chi connectivity index (χ4n) is 1.87. The van der Waals surface area contributed by atoms with Gasteiger partial charge in [-0.2, -0.15) is 0 Å². The second-order valence-electron chi connectivity index (χ2n) is 4.15. The highest BCUT2D eigenvalue weighted by Crippen LogP contribution is 2.19. The Morgan fingerprint density at radius 3 is 2.82 bits per heavy atom. The Kier molecular flexibility index (Phi) is 3.94. The Hall–Kier alpha value is -1.61. The third kappa shape index (κ3) is 3.17. The monoisotopic (exact) mass is 232 g/mol. The lowest BCUT2D eigenvalue weighted by Gasteiger charge is -2.07. The molecular formula is C14H16O3. The number of ether oxygens (including phenoxy) is 1. The van der Waals surface area contributed by atoms with Gasteiger partial charge in [-0.05, 0) is 18.4 Å². The lowest BCUT2D eigenvalue weighted by Crippen LogP contribution is -2.04. The number of cyclic esters (lactones) is 1. The van der Waals surface area contributed by atoms with Crippen molar-refractivity contribution in [2.75, 3.05) is 6.61 Å². The van der Waals surface area contributed by atoms with Crippen LogP contribution in [0.4, 0.5) is 0 Å². The molecule has 3 heteroatoms. The number of hydrogen-bond acceptors (Lipinski definition) is 3. The van der Waals surface area contributed by atoms with Crippen molar-refractivity contribution in [3.63, 3.8) is 0 Å². The molecule has 2 unspecified atom stereocenters. The zero-order valence-electron chi connectivity index (χ0n) is 9.58. The molecule has 0 aromatic heterocycles. The molecule has 0 radical (unpaired) electrons. The molecular weight excluding hydrogens is 216 g/mol. The van der Waals surface area contributed by atoms with E-state index in [0.29, 0.717) is 13.0 Å². The van der Waals surface area contributed by atoms with Gasteiger partial charge in [0.25, 0.3) is 0 Å². The summed E-state index contributed by atoms with van der Waals surface area (Å²) in [5, 5.41) is 9.89. The topological polar surface area (TPSA) is 46.5 Å². The molecule has 1 fully saturated rings. The minimum absolute atomic E-state index is 0.127. The Morgan fingerprint density at radius 2 is 2.18 bits per heavy atom. The second-order valence-corrected chi connectivity index (χ2v) is 4.15. The minimum Gasteiger partial charge on any atom is -0.465 e. The van der Waals surface area contributed by atoms with Gasteiger partial charge in [-0.25, -0.2) is 0 Å². The first-order valence-corrected chi connectivity index (χ1v) is 5.83. The van der Waals surface area contributed by atoms with E-state index in [4.69, 9.17) is 4.74 Å². The van der Waals surface area contributed by atoms with E-state index in [0.717, 1.165) is 12.0 Å². The Bertz CT molecular complexity index is 397. The molecule has 1 aliphatic heterocycles. The van der Waals surface area contributed by atoms with Crippen LogP contribution in [0.3, 0.4) is 0 Å². The van der Waals surface area contributed by atoms with Crippen LogP contribution in [-0.2, 0) is 9.53 Å². The zero-order valence-corrected chi connectivity index (χ0v) is 9.58. The Labute approximate surface area is 101 Å². The summed E-state index contributed by atoms with van der Waals surface area (Å²) in [7, 11) is 0. The molecule has 0 bridgehead atoms. The fraction of sp³-hybridized carbons (Fsp3) is 0.357. The smallest absolute Gasteiger partial charge is 0.312 e. The van der Waals surface area contributed by atoms with E-state index in [-0.39, 0.29) is 11.9 Å². The molecule has 90 valence electrons. The average molecular weight is 232 g/mol. The van der Waals surface area contributed by atoms with Gasteiger partial charge in [0.15, 0.2) is 0 Å². The van der Waals surface area contributed by atoms with Gasteiger partial charge in [0.05, 0.1) is 18.6 Å². The van der Waals surface area contributed by atoms with Crippen molar-refractivity contribution in [3.8, 4) is 0 Å². The first-order chi connectivity index (χ1) is 8.27. The van der Waals surface area contributed by atoms with Crippen LogP contribution in [0, 0.1) is 5.92 Å². The van der Waals surface area contributed by atoms with E-state index < -0.39 is 6.10 Å². The summed E-state index contributed by atoms with van der Waals surface area (Å²) >= 11 is 0. The van der Waals surface area contributed by atoms with Gasteiger partial charge < -0.3 is 9.84 Å². The molecule has 2 atom stereocenters. The maximum absolute atomic E-state index is 11.2. The van der Waals surface area contributed by atoms with E-state index >= 15 is 0 Å². The Morgan fingerprint density at radius 1 is 1.41 bits per heavy atom. The summed E-state index contributed by atoms with van der Waals surface area (Å²) in [6.45, 7) is 0.509. The maximum atomic E-state index is 11.2.